The molecule has 0 aliphatic rings. The lowest BCUT2D eigenvalue weighted by atomic mass is 10.1. The van der Waals surface area contributed by atoms with E-state index in [9.17, 15) is 10.1 Å². The Hall–Kier alpha value is -3.39. The number of fused-ring (bicyclic) bond motifs is 3. The Balaban J connectivity index is 2.08. The molecule has 2 heterocycles. The molecule has 0 spiro atoms. The van der Waals surface area contributed by atoms with E-state index >= 15 is 0 Å². The molecule has 0 fully saturated rings. The second-order valence-electron chi connectivity index (χ2n) is 6.35. The minimum Gasteiger partial charge on any atom is -0.265 e. The van der Waals surface area contributed by atoms with Crippen molar-refractivity contribution in [2.45, 2.75) is 26.2 Å². The van der Waals surface area contributed by atoms with Gasteiger partial charge in [-0.1, -0.05) is 43.7 Å². The molecular weight excluding hydrogens is 324 g/mol. The van der Waals surface area contributed by atoms with Gasteiger partial charge in [-0.3, -0.25) is 4.79 Å². The van der Waals surface area contributed by atoms with E-state index in [1.807, 2.05) is 48.5 Å². The van der Waals surface area contributed by atoms with Crippen LogP contribution in [-0.2, 0) is 6.42 Å². The molecule has 4 rings (SSSR count). The number of nitrogens with zero attached hydrogens (tertiary/aromatic N) is 4. The zero-order valence-electron chi connectivity index (χ0n) is 14.5. The number of nitriles is 1. The summed E-state index contributed by atoms with van der Waals surface area (Å²) in [6.45, 7) is 2.14. The van der Waals surface area contributed by atoms with Crippen LogP contribution in [0, 0.1) is 11.3 Å². The Bertz CT molecular complexity index is 1200. The second-order valence-corrected chi connectivity index (χ2v) is 6.35. The Morgan fingerprint density at radius 3 is 2.65 bits per heavy atom. The Kier molecular flexibility index (Phi) is 4.02. The third-order valence-corrected chi connectivity index (χ3v) is 4.58. The van der Waals surface area contributed by atoms with Gasteiger partial charge in [0.05, 0.1) is 22.8 Å². The van der Waals surface area contributed by atoms with Crippen molar-refractivity contribution in [2.75, 3.05) is 0 Å². The summed E-state index contributed by atoms with van der Waals surface area (Å²) >= 11 is 0. The maximum atomic E-state index is 13.1. The monoisotopic (exact) mass is 342 g/mol. The van der Waals surface area contributed by atoms with E-state index in [0.717, 1.165) is 41.4 Å². The topological polar surface area (TPSA) is 62.6 Å². The highest BCUT2D eigenvalue weighted by Crippen LogP contribution is 2.20. The largest absolute Gasteiger partial charge is 0.299 e. The summed E-state index contributed by atoms with van der Waals surface area (Å²) in [7, 11) is 0. The zero-order chi connectivity index (χ0) is 18.1. The molecule has 2 aromatic carbocycles. The van der Waals surface area contributed by atoms with Crippen molar-refractivity contribution in [1.29, 1.82) is 5.26 Å². The molecule has 0 saturated heterocycles. The minimum atomic E-state index is -0.149. The summed E-state index contributed by atoms with van der Waals surface area (Å²) in [4.78, 5) is 13.1. The number of hydrogen-bond acceptors (Lipinski definition) is 3. The smallest absolute Gasteiger partial charge is 0.265 e. The first kappa shape index (κ1) is 16.1. The molecule has 128 valence electrons. The van der Waals surface area contributed by atoms with Gasteiger partial charge >= 0.3 is 0 Å². The van der Waals surface area contributed by atoms with Crippen molar-refractivity contribution in [3.05, 3.63) is 76.2 Å². The van der Waals surface area contributed by atoms with Crippen LogP contribution in [0.5, 0.6) is 0 Å². The van der Waals surface area contributed by atoms with E-state index < -0.39 is 0 Å². The third-order valence-electron chi connectivity index (χ3n) is 4.58. The molecule has 5 heteroatoms. The quantitative estimate of drug-likeness (QED) is 0.566. The van der Waals surface area contributed by atoms with Crippen molar-refractivity contribution in [1.82, 2.24) is 14.2 Å². The second kappa shape index (κ2) is 6.49. The van der Waals surface area contributed by atoms with Crippen molar-refractivity contribution in [2.24, 2.45) is 0 Å². The molecule has 0 radical (unpaired) electrons. The van der Waals surface area contributed by atoms with Crippen LogP contribution in [0.2, 0.25) is 0 Å². The van der Waals surface area contributed by atoms with Gasteiger partial charge in [0.1, 0.15) is 0 Å². The summed E-state index contributed by atoms with van der Waals surface area (Å²) in [5.41, 5.74) is 3.39. The Labute approximate surface area is 150 Å². The van der Waals surface area contributed by atoms with Crippen LogP contribution in [0.4, 0.5) is 0 Å². The van der Waals surface area contributed by atoms with Crippen LogP contribution in [-0.4, -0.2) is 14.2 Å². The minimum absolute atomic E-state index is 0.149. The molecule has 0 unspecified atom stereocenters. The molecule has 0 aliphatic carbocycles. The molecule has 4 aromatic rings. The van der Waals surface area contributed by atoms with Gasteiger partial charge in [-0.25, -0.2) is 0 Å². The van der Waals surface area contributed by atoms with Crippen molar-refractivity contribution >= 4 is 10.9 Å². The first-order valence-corrected chi connectivity index (χ1v) is 8.76. The fourth-order valence-electron chi connectivity index (χ4n) is 3.25. The number of benzene rings is 2. The van der Waals surface area contributed by atoms with Crippen molar-refractivity contribution in [3.63, 3.8) is 0 Å². The SMILES string of the molecule is CCCCc1cc2cc(C#N)ccc2n2c(=O)c(-c3ccccc3)nn12. The van der Waals surface area contributed by atoms with Gasteiger partial charge in [-0.15, -0.1) is 5.10 Å². The van der Waals surface area contributed by atoms with Gasteiger partial charge in [0.15, 0.2) is 5.69 Å². The molecular formula is C21H18N4O. The van der Waals surface area contributed by atoms with Gasteiger partial charge in [-0.05, 0) is 37.1 Å². The first-order chi connectivity index (χ1) is 12.7. The van der Waals surface area contributed by atoms with E-state index in [1.54, 1.807) is 15.2 Å². The van der Waals surface area contributed by atoms with E-state index in [0.29, 0.717) is 11.3 Å². The summed E-state index contributed by atoms with van der Waals surface area (Å²) in [6.07, 6.45) is 2.88. The predicted molar refractivity (Wildman–Crippen MR) is 101 cm³/mol. The maximum absolute atomic E-state index is 13.1. The lowest BCUT2D eigenvalue weighted by molar-refractivity contribution is 0.655. The highest BCUT2D eigenvalue weighted by molar-refractivity contribution is 5.81. The molecule has 2 aromatic heterocycles. The Morgan fingerprint density at radius 1 is 1.12 bits per heavy atom. The standard InChI is InChI=1S/C21H18N4O/c1-2-3-9-18-13-17-12-15(14-22)10-11-19(17)24-21(26)20(23-25(18)24)16-7-5-4-6-8-16/h4-8,10-13H,2-3,9H2,1H3. The van der Waals surface area contributed by atoms with Crippen molar-refractivity contribution < 1.29 is 0 Å². The van der Waals surface area contributed by atoms with Crippen LogP contribution in [0.25, 0.3) is 22.2 Å². The maximum Gasteiger partial charge on any atom is 0.299 e. The summed E-state index contributed by atoms with van der Waals surface area (Å²) in [5.74, 6) is 0. The van der Waals surface area contributed by atoms with Gasteiger partial charge in [0.25, 0.3) is 5.56 Å². The van der Waals surface area contributed by atoms with Crippen LogP contribution < -0.4 is 5.56 Å². The average molecular weight is 342 g/mol. The van der Waals surface area contributed by atoms with Crippen LogP contribution in [0.3, 0.4) is 0 Å². The average Bonchev–Trinajstić information content (AvgIpc) is 3.04. The van der Waals surface area contributed by atoms with Crippen molar-refractivity contribution in [3.8, 4) is 17.3 Å². The molecule has 0 atom stereocenters. The lowest BCUT2D eigenvalue weighted by Crippen LogP contribution is -2.16. The van der Waals surface area contributed by atoms with Crippen LogP contribution in [0.15, 0.2) is 59.4 Å². The summed E-state index contributed by atoms with van der Waals surface area (Å²) < 4.78 is 3.33. The first-order valence-electron chi connectivity index (χ1n) is 8.76. The molecule has 26 heavy (non-hydrogen) atoms. The van der Waals surface area contributed by atoms with E-state index in [2.05, 4.69) is 18.1 Å². The van der Waals surface area contributed by atoms with Gasteiger partial charge in [-0.2, -0.15) is 14.4 Å². The predicted octanol–water partition coefficient (Wildman–Crippen LogP) is 3.83. The van der Waals surface area contributed by atoms with Gasteiger partial charge < -0.3 is 0 Å². The summed E-state index contributed by atoms with van der Waals surface area (Å²) in [6, 6.07) is 19.1. The highest BCUT2D eigenvalue weighted by Gasteiger charge is 2.16. The van der Waals surface area contributed by atoms with Crippen LogP contribution in [0.1, 0.15) is 31.0 Å². The fraction of sp³-hybridized carbons (Fsp3) is 0.190. The zero-order valence-corrected chi connectivity index (χ0v) is 14.5. The van der Waals surface area contributed by atoms with Gasteiger partial charge in [0.2, 0.25) is 0 Å². The summed E-state index contributed by atoms with van der Waals surface area (Å²) in [5, 5.41) is 14.7. The number of rotatable bonds is 4. The number of aryl methyl sites for hydroxylation is 1. The third kappa shape index (κ3) is 2.56. The van der Waals surface area contributed by atoms with E-state index in [-0.39, 0.29) is 5.56 Å². The lowest BCUT2D eigenvalue weighted by Gasteiger charge is -2.09. The van der Waals surface area contributed by atoms with Crippen LogP contribution >= 0.6 is 0 Å². The van der Waals surface area contributed by atoms with E-state index in [1.165, 1.54) is 0 Å². The number of aromatic nitrogens is 3. The molecule has 0 amide bonds. The molecule has 0 saturated carbocycles. The molecule has 0 N–H and O–H groups in total. The molecule has 0 bridgehead atoms. The number of unbranched alkanes of at least 4 members (excludes halogenated alkanes) is 1. The number of hydrogen-bond donors (Lipinski definition) is 0. The van der Waals surface area contributed by atoms with Gasteiger partial charge in [0, 0.05) is 10.9 Å². The van der Waals surface area contributed by atoms with E-state index in [4.69, 9.17) is 0 Å². The Morgan fingerprint density at radius 2 is 1.92 bits per heavy atom. The molecule has 0 aliphatic heterocycles. The fourth-order valence-corrected chi connectivity index (χ4v) is 3.25. The normalized spacial score (nSPS) is 11.1. The molecule has 5 nitrogen and oxygen atoms in total. The highest BCUT2D eigenvalue weighted by atomic mass is 16.1.